The third-order valence-electron chi connectivity index (χ3n) is 4.22. The Bertz CT molecular complexity index is 513. The molecule has 0 amide bonds. The third kappa shape index (κ3) is 5.35. The van der Waals surface area contributed by atoms with Crippen molar-refractivity contribution in [2.24, 2.45) is 4.99 Å². The molecule has 1 aromatic heterocycles. The summed E-state index contributed by atoms with van der Waals surface area (Å²) in [5, 5.41) is 6.92. The summed E-state index contributed by atoms with van der Waals surface area (Å²) in [4.78, 5) is 4.67. The Balaban J connectivity index is 0.00000208. The molecule has 1 aliphatic heterocycles. The highest BCUT2D eigenvalue weighted by atomic mass is 127. The Morgan fingerprint density at radius 1 is 1.38 bits per heavy atom. The fraction of sp³-hybridized carbons (Fsp3) is 0.706. The van der Waals surface area contributed by atoms with Crippen molar-refractivity contribution in [3.05, 3.63) is 24.2 Å². The normalized spacial score (nSPS) is 22.8. The number of guanidine groups is 1. The smallest absolute Gasteiger partial charge is 0.191 e. The molecular formula is C17H28IN3O3. The van der Waals surface area contributed by atoms with E-state index in [9.17, 15) is 0 Å². The fourth-order valence-corrected chi connectivity index (χ4v) is 3.19. The number of rotatable bonds is 5. The lowest BCUT2D eigenvalue weighted by molar-refractivity contribution is -0.151. The van der Waals surface area contributed by atoms with Crippen molar-refractivity contribution < 1.29 is 13.9 Å². The first-order valence-electron chi connectivity index (χ1n) is 8.53. The molecular weight excluding hydrogens is 421 g/mol. The quantitative estimate of drug-likeness (QED) is 0.411. The van der Waals surface area contributed by atoms with E-state index >= 15 is 0 Å². The van der Waals surface area contributed by atoms with Crippen molar-refractivity contribution in [1.82, 2.24) is 10.6 Å². The molecule has 2 aliphatic rings. The Morgan fingerprint density at radius 2 is 2.17 bits per heavy atom. The Kier molecular flexibility index (Phi) is 7.36. The molecule has 2 heterocycles. The van der Waals surface area contributed by atoms with Gasteiger partial charge in [-0.25, -0.2) is 0 Å². The summed E-state index contributed by atoms with van der Waals surface area (Å²) in [6, 6.07) is 4.55. The number of ether oxygens (including phenoxy) is 2. The van der Waals surface area contributed by atoms with Crippen LogP contribution in [0.15, 0.2) is 27.8 Å². The van der Waals surface area contributed by atoms with Crippen molar-refractivity contribution in [1.29, 1.82) is 0 Å². The van der Waals surface area contributed by atoms with Crippen LogP contribution in [0.2, 0.25) is 0 Å². The molecule has 0 aromatic carbocycles. The van der Waals surface area contributed by atoms with Gasteiger partial charge in [0.1, 0.15) is 5.76 Å². The topological polar surface area (TPSA) is 68.0 Å². The van der Waals surface area contributed by atoms with Gasteiger partial charge in [-0.15, -0.1) is 24.0 Å². The predicted molar refractivity (Wildman–Crippen MR) is 104 cm³/mol. The minimum absolute atomic E-state index is 0. The van der Waals surface area contributed by atoms with Crippen LogP contribution in [0.3, 0.4) is 0 Å². The average molecular weight is 449 g/mol. The highest BCUT2D eigenvalue weighted by Gasteiger charge is 2.44. The van der Waals surface area contributed by atoms with Crippen LogP contribution in [0.1, 0.15) is 38.9 Å². The second kappa shape index (κ2) is 9.05. The Labute approximate surface area is 160 Å². The van der Waals surface area contributed by atoms with E-state index in [0.29, 0.717) is 31.8 Å². The molecule has 136 valence electrons. The molecule has 6 nitrogen and oxygen atoms in total. The maximum absolute atomic E-state index is 5.79. The van der Waals surface area contributed by atoms with Crippen LogP contribution in [0.25, 0.3) is 0 Å². The van der Waals surface area contributed by atoms with Crippen LogP contribution < -0.4 is 10.6 Å². The molecule has 1 unspecified atom stereocenters. The maximum atomic E-state index is 5.79. The van der Waals surface area contributed by atoms with Crippen molar-refractivity contribution in [2.45, 2.75) is 57.4 Å². The van der Waals surface area contributed by atoms with Gasteiger partial charge in [-0.1, -0.05) is 0 Å². The highest BCUT2D eigenvalue weighted by molar-refractivity contribution is 14.0. The summed E-state index contributed by atoms with van der Waals surface area (Å²) in [5.41, 5.74) is 0. The van der Waals surface area contributed by atoms with E-state index in [-0.39, 0.29) is 29.8 Å². The summed E-state index contributed by atoms with van der Waals surface area (Å²) in [5.74, 6) is 1.46. The average Bonchev–Trinajstić information content (AvgIpc) is 3.23. The van der Waals surface area contributed by atoms with E-state index in [2.05, 4.69) is 29.5 Å². The van der Waals surface area contributed by atoms with Gasteiger partial charge in [0.25, 0.3) is 0 Å². The van der Waals surface area contributed by atoms with E-state index in [4.69, 9.17) is 13.9 Å². The van der Waals surface area contributed by atoms with Crippen LogP contribution in [-0.4, -0.2) is 43.6 Å². The van der Waals surface area contributed by atoms with Crippen LogP contribution in [-0.2, 0) is 15.9 Å². The molecule has 1 spiro atoms. The molecule has 2 N–H and O–H groups in total. The van der Waals surface area contributed by atoms with Crippen LogP contribution in [0.5, 0.6) is 0 Å². The van der Waals surface area contributed by atoms with Crippen molar-refractivity contribution >= 4 is 29.9 Å². The molecule has 1 saturated carbocycles. The number of nitrogens with zero attached hydrogens (tertiary/aromatic N) is 1. The van der Waals surface area contributed by atoms with Crippen LogP contribution >= 0.6 is 24.0 Å². The summed E-state index contributed by atoms with van der Waals surface area (Å²) < 4.78 is 16.9. The van der Waals surface area contributed by atoms with Gasteiger partial charge < -0.3 is 24.5 Å². The first-order valence-corrected chi connectivity index (χ1v) is 8.53. The summed E-state index contributed by atoms with van der Waals surface area (Å²) in [6.07, 6.45) is 5.37. The molecule has 24 heavy (non-hydrogen) atoms. The Morgan fingerprint density at radius 3 is 2.83 bits per heavy atom. The minimum atomic E-state index is -0.352. The zero-order chi connectivity index (χ0) is 16.1. The maximum Gasteiger partial charge on any atom is 0.191 e. The molecule has 1 aromatic rings. The fourth-order valence-electron chi connectivity index (χ4n) is 3.19. The van der Waals surface area contributed by atoms with E-state index in [1.54, 1.807) is 6.26 Å². The molecule has 1 aliphatic carbocycles. The van der Waals surface area contributed by atoms with Crippen molar-refractivity contribution in [2.75, 3.05) is 19.8 Å². The lowest BCUT2D eigenvalue weighted by atomic mass is 10.2. The van der Waals surface area contributed by atoms with Gasteiger partial charge in [-0.2, -0.15) is 0 Å². The van der Waals surface area contributed by atoms with Gasteiger partial charge in [0.2, 0.25) is 0 Å². The zero-order valence-electron chi connectivity index (χ0n) is 14.4. The summed E-state index contributed by atoms with van der Waals surface area (Å²) in [7, 11) is 0. The number of nitrogens with one attached hydrogen (secondary N) is 2. The van der Waals surface area contributed by atoms with Gasteiger partial charge >= 0.3 is 0 Å². The zero-order valence-corrected chi connectivity index (χ0v) is 16.7. The van der Waals surface area contributed by atoms with Crippen molar-refractivity contribution in [3.63, 3.8) is 0 Å². The standard InChI is InChI=1S/C17H27N3O3.HI/c1-13(2)19-16(18-8-6-15-4-3-9-21-15)20-14-5-7-17(12-14)22-10-11-23-17;/h3-4,9,13-14H,5-8,10-12H2,1-2H3,(H2,18,19,20);1H. The minimum Gasteiger partial charge on any atom is -0.469 e. The first kappa shape index (κ1) is 19.5. The third-order valence-corrected chi connectivity index (χ3v) is 4.22. The van der Waals surface area contributed by atoms with Gasteiger partial charge in [0.05, 0.1) is 19.5 Å². The molecule has 3 rings (SSSR count). The molecule has 0 radical (unpaired) electrons. The number of hydrogen-bond donors (Lipinski definition) is 2. The monoisotopic (exact) mass is 449 g/mol. The SMILES string of the molecule is CC(C)NC(=NCCc1ccco1)NC1CCC2(C1)OCCO2.I. The van der Waals surface area contributed by atoms with Gasteiger partial charge in [0.15, 0.2) is 11.7 Å². The largest absolute Gasteiger partial charge is 0.469 e. The van der Waals surface area contributed by atoms with E-state index in [1.165, 1.54) is 0 Å². The van der Waals surface area contributed by atoms with E-state index in [0.717, 1.165) is 37.4 Å². The summed E-state index contributed by atoms with van der Waals surface area (Å²) >= 11 is 0. The molecule has 0 bridgehead atoms. The van der Waals surface area contributed by atoms with Gasteiger partial charge in [0, 0.05) is 37.9 Å². The van der Waals surface area contributed by atoms with E-state index < -0.39 is 0 Å². The number of halogens is 1. The summed E-state index contributed by atoms with van der Waals surface area (Å²) in [6.45, 7) is 6.34. The molecule has 1 saturated heterocycles. The van der Waals surface area contributed by atoms with E-state index in [1.807, 2.05) is 12.1 Å². The Hall–Kier alpha value is -0.800. The number of hydrogen-bond acceptors (Lipinski definition) is 4. The van der Waals surface area contributed by atoms with Gasteiger partial charge in [-0.05, 0) is 32.4 Å². The van der Waals surface area contributed by atoms with Crippen LogP contribution in [0, 0.1) is 0 Å². The lowest BCUT2D eigenvalue weighted by Crippen LogP contribution is -2.46. The molecule has 2 fully saturated rings. The van der Waals surface area contributed by atoms with Crippen LogP contribution in [0.4, 0.5) is 0 Å². The number of aliphatic imine (C=N–C) groups is 1. The second-order valence-electron chi connectivity index (χ2n) is 6.55. The predicted octanol–water partition coefficient (Wildman–Crippen LogP) is 2.68. The second-order valence-corrected chi connectivity index (χ2v) is 6.55. The molecule has 1 atom stereocenters. The van der Waals surface area contributed by atoms with Gasteiger partial charge in [-0.3, -0.25) is 4.99 Å². The molecule has 7 heteroatoms. The highest BCUT2D eigenvalue weighted by Crippen LogP contribution is 2.37. The van der Waals surface area contributed by atoms with Crippen molar-refractivity contribution in [3.8, 4) is 0 Å². The number of furan rings is 1. The lowest BCUT2D eigenvalue weighted by Gasteiger charge is -2.23. The first-order chi connectivity index (χ1) is 11.2.